The largest absolute Gasteiger partial charge is 0.339 e. The Kier molecular flexibility index (Phi) is 4.37. The Labute approximate surface area is 172 Å². The lowest BCUT2D eigenvalue weighted by Crippen LogP contribution is -2.02. The first kappa shape index (κ1) is 17.6. The first-order valence-electron chi connectivity index (χ1n) is 9.28. The van der Waals surface area contributed by atoms with E-state index >= 15 is 0 Å². The first-order valence-corrected chi connectivity index (χ1v) is 9.66. The molecule has 0 amide bonds. The molecule has 29 heavy (non-hydrogen) atoms. The number of hydrogen-bond acceptors (Lipinski definition) is 4. The lowest BCUT2D eigenvalue weighted by Gasteiger charge is -2.10. The lowest BCUT2D eigenvalue weighted by atomic mass is 10.1. The normalized spacial score (nSPS) is 11.2. The summed E-state index contributed by atoms with van der Waals surface area (Å²) in [4.78, 5) is 9.25. The quantitative estimate of drug-likeness (QED) is 0.384. The summed E-state index contributed by atoms with van der Waals surface area (Å²) in [6.45, 7) is 2.48. The van der Waals surface area contributed by atoms with Crippen molar-refractivity contribution < 1.29 is 4.52 Å². The van der Waals surface area contributed by atoms with Gasteiger partial charge in [0.2, 0.25) is 11.7 Å². The van der Waals surface area contributed by atoms with Gasteiger partial charge in [-0.3, -0.25) is 0 Å². The van der Waals surface area contributed by atoms with E-state index < -0.39 is 0 Å². The molecular weight excluding hydrogens is 384 g/mol. The molecule has 142 valence electrons. The average molecular weight is 401 g/mol. The van der Waals surface area contributed by atoms with Crippen molar-refractivity contribution in [2.45, 2.75) is 13.5 Å². The van der Waals surface area contributed by atoms with E-state index in [1.54, 1.807) is 6.92 Å². The predicted molar refractivity (Wildman–Crippen MR) is 114 cm³/mol. The van der Waals surface area contributed by atoms with E-state index in [-0.39, 0.29) is 0 Å². The summed E-state index contributed by atoms with van der Waals surface area (Å²) in [5.41, 5.74) is 5.08. The second-order valence-corrected chi connectivity index (χ2v) is 7.29. The molecule has 0 atom stereocenters. The number of rotatable bonds is 4. The van der Waals surface area contributed by atoms with Gasteiger partial charge in [0.05, 0.1) is 11.0 Å². The maximum atomic E-state index is 6.05. The predicted octanol–water partition coefficient (Wildman–Crippen LogP) is 5.76. The maximum Gasteiger partial charge on any atom is 0.223 e. The van der Waals surface area contributed by atoms with Crippen molar-refractivity contribution in [1.82, 2.24) is 19.7 Å². The molecule has 0 N–H and O–H groups in total. The van der Waals surface area contributed by atoms with Crippen LogP contribution in [0.5, 0.6) is 0 Å². The van der Waals surface area contributed by atoms with Crippen LogP contribution in [0.1, 0.15) is 11.5 Å². The van der Waals surface area contributed by atoms with Gasteiger partial charge in [-0.2, -0.15) is 4.98 Å². The molecule has 0 saturated heterocycles. The highest BCUT2D eigenvalue weighted by Gasteiger charge is 2.15. The fraction of sp³-hybridized carbons (Fsp3) is 0.0870. The molecule has 0 aliphatic heterocycles. The molecule has 0 fully saturated rings. The summed E-state index contributed by atoms with van der Waals surface area (Å²) >= 11 is 6.05. The molecule has 0 aliphatic rings. The zero-order chi connectivity index (χ0) is 19.8. The van der Waals surface area contributed by atoms with Gasteiger partial charge in [0.25, 0.3) is 0 Å². The van der Waals surface area contributed by atoms with Crippen molar-refractivity contribution in [2.75, 3.05) is 0 Å². The summed E-state index contributed by atoms with van der Waals surface area (Å²) in [6.07, 6.45) is 0. The average Bonchev–Trinajstić information content (AvgIpc) is 3.34. The highest BCUT2D eigenvalue weighted by molar-refractivity contribution is 6.30. The van der Waals surface area contributed by atoms with Gasteiger partial charge < -0.3 is 9.09 Å². The minimum absolute atomic E-state index is 0.542. The molecule has 3 aromatic carbocycles. The van der Waals surface area contributed by atoms with Gasteiger partial charge in [-0.1, -0.05) is 59.2 Å². The smallest absolute Gasteiger partial charge is 0.223 e. The molecule has 2 aromatic heterocycles. The highest BCUT2D eigenvalue weighted by Crippen LogP contribution is 2.29. The van der Waals surface area contributed by atoms with Crippen LogP contribution in [0.25, 0.3) is 33.8 Å². The second kappa shape index (κ2) is 7.18. The molecule has 0 saturated carbocycles. The number of fused-ring (bicyclic) bond motifs is 1. The third kappa shape index (κ3) is 3.41. The molecule has 5 nitrogen and oxygen atoms in total. The van der Waals surface area contributed by atoms with Gasteiger partial charge in [-0.15, -0.1) is 0 Å². The lowest BCUT2D eigenvalue weighted by molar-refractivity contribution is 0.394. The molecule has 0 unspecified atom stereocenters. The summed E-state index contributed by atoms with van der Waals surface area (Å²) < 4.78 is 7.35. The minimum atomic E-state index is 0.542. The van der Waals surface area contributed by atoms with Gasteiger partial charge in [0, 0.05) is 29.6 Å². The van der Waals surface area contributed by atoms with E-state index in [2.05, 4.69) is 26.8 Å². The van der Waals surface area contributed by atoms with E-state index in [1.165, 1.54) is 0 Å². The Bertz CT molecular complexity index is 1300. The molecule has 0 radical (unpaired) electrons. The van der Waals surface area contributed by atoms with Crippen LogP contribution in [0.15, 0.2) is 77.3 Å². The van der Waals surface area contributed by atoms with Crippen LogP contribution in [-0.4, -0.2) is 19.7 Å². The number of benzene rings is 3. The molecule has 0 aliphatic carbocycles. The van der Waals surface area contributed by atoms with Crippen molar-refractivity contribution in [3.05, 3.63) is 89.3 Å². The topological polar surface area (TPSA) is 56.7 Å². The SMILES string of the molecule is Cc1nc(-c2cccc(-c3nc4ccccc4n3Cc3ccc(Cl)cc3)c2)no1. The van der Waals surface area contributed by atoms with Crippen LogP contribution in [0, 0.1) is 6.92 Å². The van der Waals surface area contributed by atoms with E-state index in [4.69, 9.17) is 21.1 Å². The zero-order valence-corrected chi connectivity index (χ0v) is 16.5. The number of hydrogen-bond donors (Lipinski definition) is 0. The third-order valence-corrected chi connectivity index (χ3v) is 5.07. The van der Waals surface area contributed by atoms with Crippen molar-refractivity contribution in [3.63, 3.8) is 0 Å². The second-order valence-electron chi connectivity index (χ2n) is 6.85. The number of imidazole rings is 1. The minimum Gasteiger partial charge on any atom is -0.339 e. The fourth-order valence-corrected chi connectivity index (χ4v) is 3.57. The Hall–Kier alpha value is -3.44. The maximum absolute atomic E-state index is 6.05. The van der Waals surface area contributed by atoms with Crippen molar-refractivity contribution >= 4 is 22.6 Å². The van der Waals surface area contributed by atoms with E-state index in [1.807, 2.05) is 60.7 Å². The van der Waals surface area contributed by atoms with Crippen molar-refractivity contribution in [3.8, 4) is 22.8 Å². The van der Waals surface area contributed by atoms with Gasteiger partial charge in [0.15, 0.2) is 0 Å². The molecule has 0 bridgehead atoms. The van der Waals surface area contributed by atoms with Crippen LogP contribution in [0.4, 0.5) is 0 Å². The van der Waals surface area contributed by atoms with Crippen LogP contribution in [-0.2, 0) is 6.54 Å². The van der Waals surface area contributed by atoms with Gasteiger partial charge >= 0.3 is 0 Å². The molecule has 5 rings (SSSR count). The van der Waals surface area contributed by atoms with Crippen LogP contribution in [0.3, 0.4) is 0 Å². The Balaban J connectivity index is 1.64. The Morgan fingerprint density at radius 1 is 0.897 bits per heavy atom. The van der Waals surface area contributed by atoms with Crippen LogP contribution in [0.2, 0.25) is 5.02 Å². The standard InChI is InChI=1S/C23H17ClN4O/c1-15-25-22(27-29-15)17-5-4-6-18(13-17)23-26-20-7-2-3-8-21(20)28(23)14-16-9-11-19(24)12-10-16/h2-13H,14H2,1H3. The summed E-state index contributed by atoms with van der Waals surface area (Å²) in [5, 5.41) is 4.77. The first-order chi connectivity index (χ1) is 14.2. The highest BCUT2D eigenvalue weighted by atomic mass is 35.5. The number of aromatic nitrogens is 4. The van der Waals surface area contributed by atoms with Crippen molar-refractivity contribution in [2.24, 2.45) is 0 Å². The number of aryl methyl sites for hydroxylation is 1. The number of para-hydroxylation sites is 2. The monoisotopic (exact) mass is 400 g/mol. The third-order valence-electron chi connectivity index (χ3n) is 4.82. The van der Waals surface area contributed by atoms with Crippen LogP contribution < -0.4 is 0 Å². The Morgan fingerprint density at radius 2 is 1.69 bits per heavy atom. The summed E-state index contributed by atoms with van der Waals surface area (Å²) in [5.74, 6) is 2.01. The van der Waals surface area contributed by atoms with E-state index in [0.717, 1.165) is 38.6 Å². The number of halogens is 1. The molecule has 5 aromatic rings. The molecule has 6 heteroatoms. The zero-order valence-electron chi connectivity index (χ0n) is 15.7. The molecule has 0 spiro atoms. The van der Waals surface area contributed by atoms with Gasteiger partial charge in [-0.05, 0) is 35.9 Å². The van der Waals surface area contributed by atoms with E-state index in [0.29, 0.717) is 18.3 Å². The summed E-state index contributed by atoms with van der Waals surface area (Å²) in [6, 6.07) is 24.1. The van der Waals surface area contributed by atoms with Gasteiger partial charge in [-0.25, -0.2) is 4.98 Å². The van der Waals surface area contributed by atoms with Crippen molar-refractivity contribution in [1.29, 1.82) is 0 Å². The Morgan fingerprint density at radius 3 is 2.48 bits per heavy atom. The fourth-order valence-electron chi connectivity index (χ4n) is 3.44. The van der Waals surface area contributed by atoms with Gasteiger partial charge in [0.1, 0.15) is 5.82 Å². The number of nitrogens with zero attached hydrogens (tertiary/aromatic N) is 4. The molecule has 2 heterocycles. The summed E-state index contributed by atoms with van der Waals surface area (Å²) in [7, 11) is 0. The van der Waals surface area contributed by atoms with E-state index in [9.17, 15) is 0 Å². The van der Waals surface area contributed by atoms with Crippen LogP contribution >= 0.6 is 11.6 Å². The molecular formula is C23H17ClN4O.